The van der Waals surface area contributed by atoms with Gasteiger partial charge in [-0.3, -0.25) is 9.59 Å². The zero-order valence-electron chi connectivity index (χ0n) is 7.94. The zero-order valence-corrected chi connectivity index (χ0v) is 9.58. The number of benzene rings is 1. The standard InChI is InChI=1S/C10H10O2S2/c1-7-3-5-9(6-4-7)10(12)14-13-8(2)11/h3-6H,1-2H3. The first-order chi connectivity index (χ1) is 6.59. The van der Waals surface area contributed by atoms with Gasteiger partial charge in [0.1, 0.15) is 0 Å². The van der Waals surface area contributed by atoms with E-state index in [9.17, 15) is 9.59 Å². The van der Waals surface area contributed by atoms with E-state index in [1.54, 1.807) is 12.1 Å². The summed E-state index contributed by atoms with van der Waals surface area (Å²) in [6.07, 6.45) is 0. The molecule has 0 saturated heterocycles. The van der Waals surface area contributed by atoms with Crippen molar-refractivity contribution in [2.75, 3.05) is 0 Å². The van der Waals surface area contributed by atoms with Crippen LogP contribution in [-0.4, -0.2) is 10.2 Å². The molecule has 0 aliphatic heterocycles. The van der Waals surface area contributed by atoms with E-state index in [2.05, 4.69) is 0 Å². The van der Waals surface area contributed by atoms with Crippen LogP contribution < -0.4 is 0 Å². The molecule has 2 nitrogen and oxygen atoms in total. The molecule has 0 aromatic heterocycles. The predicted molar refractivity (Wildman–Crippen MR) is 61.4 cm³/mol. The lowest BCUT2D eigenvalue weighted by Crippen LogP contribution is -1.91. The van der Waals surface area contributed by atoms with Crippen molar-refractivity contribution in [2.24, 2.45) is 0 Å². The summed E-state index contributed by atoms with van der Waals surface area (Å²) in [6.45, 7) is 3.41. The van der Waals surface area contributed by atoms with E-state index in [-0.39, 0.29) is 10.2 Å². The Morgan fingerprint density at radius 3 is 2.14 bits per heavy atom. The fraction of sp³-hybridized carbons (Fsp3) is 0.200. The van der Waals surface area contributed by atoms with Crippen molar-refractivity contribution in [1.29, 1.82) is 0 Å². The van der Waals surface area contributed by atoms with Gasteiger partial charge in [-0.05, 0) is 28.5 Å². The lowest BCUT2D eigenvalue weighted by molar-refractivity contribution is -0.109. The van der Waals surface area contributed by atoms with Gasteiger partial charge in [-0.2, -0.15) is 0 Å². The van der Waals surface area contributed by atoms with Crippen LogP contribution >= 0.6 is 21.6 Å². The van der Waals surface area contributed by atoms with Crippen LogP contribution in [0.3, 0.4) is 0 Å². The van der Waals surface area contributed by atoms with Crippen LogP contribution in [-0.2, 0) is 4.79 Å². The average Bonchev–Trinajstić information content (AvgIpc) is 2.15. The Hall–Kier alpha value is -0.740. The van der Waals surface area contributed by atoms with E-state index >= 15 is 0 Å². The van der Waals surface area contributed by atoms with Gasteiger partial charge in [0.15, 0.2) is 5.12 Å². The molecule has 0 aliphatic carbocycles. The molecule has 0 unspecified atom stereocenters. The number of carbonyl (C=O) groups is 2. The van der Waals surface area contributed by atoms with Gasteiger partial charge in [0.25, 0.3) is 0 Å². The molecule has 0 atom stereocenters. The molecule has 0 N–H and O–H groups in total. The maximum absolute atomic E-state index is 11.5. The molecule has 1 rings (SSSR count). The Kier molecular flexibility index (Phi) is 4.22. The van der Waals surface area contributed by atoms with Crippen molar-refractivity contribution < 1.29 is 9.59 Å². The molecule has 0 aliphatic rings. The minimum atomic E-state index is -0.0785. The first kappa shape index (κ1) is 11.3. The van der Waals surface area contributed by atoms with Gasteiger partial charge in [-0.25, -0.2) is 0 Å². The van der Waals surface area contributed by atoms with Crippen molar-refractivity contribution in [2.45, 2.75) is 13.8 Å². The summed E-state index contributed by atoms with van der Waals surface area (Å²) in [7, 11) is 1.94. The number of aryl methyl sites for hydroxylation is 1. The SMILES string of the molecule is CC(=O)SSC(=O)c1ccc(C)cc1. The predicted octanol–water partition coefficient (Wildman–Crippen LogP) is 3.06. The molecule has 1 aromatic carbocycles. The molecule has 0 fully saturated rings. The van der Waals surface area contributed by atoms with Crippen molar-refractivity contribution >= 4 is 31.8 Å². The number of carbonyl (C=O) groups excluding carboxylic acids is 2. The highest BCUT2D eigenvalue weighted by atomic mass is 33.1. The zero-order chi connectivity index (χ0) is 10.6. The van der Waals surface area contributed by atoms with Crippen molar-refractivity contribution in [1.82, 2.24) is 0 Å². The number of hydrogen-bond donors (Lipinski definition) is 0. The highest BCUT2D eigenvalue weighted by molar-refractivity contribution is 8.87. The molecule has 0 spiro atoms. The monoisotopic (exact) mass is 226 g/mol. The van der Waals surface area contributed by atoms with Crippen molar-refractivity contribution in [3.8, 4) is 0 Å². The first-order valence-corrected chi connectivity index (χ1v) is 6.20. The third-order valence-corrected chi connectivity index (χ3v) is 3.64. The average molecular weight is 226 g/mol. The Balaban J connectivity index is 2.61. The van der Waals surface area contributed by atoms with E-state index in [1.165, 1.54) is 6.92 Å². The molecule has 0 amide bonds. The second-order valence-electron chi connectivity index (χ2n) is 2.81. The van der Waals surface area contributed by atoms with Gasteiger partial charge >= 0.3 is 0 Å². The third-order valence-electron chi connectivity index (χ3n) is 1.52. The highest BCUT2D eigenvalue weighted by Gasteiger charge is 2.07. The summed E-state index contributed by atoms with van der Waals surface area (Å²) in [6, 6.07) is 7.30. The smallest absolute Gasteiger partial charge is 0.230 e. The summed E-state index contributed by atoms with van der Waals surface area (Å²) < 4.78 is 0. The molecular formula is C10H10O2S2. The van der Waals surface area contributed by atoms with Gasteiger partial charge in [0.2, 0.25) is 5.12 Å². The van der Waals surface area contributed by atoms with Crippen LogP contribution in [0.15, 0.2) is 24.3 Å². The molecular weight excluding hydrogens is 216 g/mol. The highest BCUT2D eigenvalue weighted by Crippen LogP contribution is 2.26. The summed E-state index contributed by atoms with van der Waals surface area (Å²) in [5.74, 6) is 0. The number of rotatable bonds is 1. The van der Waals surface area contributed by atoms with Gasteiger partial charge in [0.05, 0.1) is 0 Å². The van der Waals surface area contributed by atoms with Crippen LogP contribution in [0.1, 0.15) is 22.8 Å². The molecule has 14 heavy (non-hydrogen) atoms. The van der Waals surface area contributed by atoms with E-state index in [0.717, 1.165) is 27.2 Å². The lowest BCUT2D eigenvalue weighted by Gasteiger charge is -1.98. The van der Waals surface area contributed by atoms with Gasteiger partial charge in [0, 0.05) is 12.5 Å². The van der Waals surface area contributed by atoms with Gasteiger partial charge in [-0.15, -0.1) is 0 Å². The third kappa shape index (κ3) is 3.55. The van der Waals surface area contributed by atoms with E-state index in [4.69, 9.17) is 0 Å². The molecule has 0 saturated carbocycles. The molecule has 0 heterocycles. The van der Waals surface area contributed by atoms with Crippen LogP contribution in [0.4, 0.5) is 0 Å². The number of hydrogen-bond acceptors (Lipinski definition) is 4. The van der Waals surface area contributed by atoms with Gasteiger partial charge in [-0.1, -0.05) is 29.8 Å². The molecule has 4 heteroatoms. The summed E-state index contributed by atoms with van der Waals surface area (Å²) >= 11 is 0. The molecule has 0 radical (unpaired) electrons. The largest absolute Gasteiger partial charge is 0.287 e. The van der Waals surface area contributed by atoms with Crippen LogP contribution in [0, 0.1) is 6.92 Å². The summed E-state index contributed by atoms with van der Waals surface area (Å²) in [4.78, 5) is 22.1. The fourth-order valence-corrected chi connectivity index (χ4v) is 2.13. The van der Waals surface area contributed by atoms with Gasteiger partial charge < -0.3 is 0 Å². The maximum atomic E-state index is 11.5. The summed E-state index contributed by atoms with van der Waals surface area (Å²) in [5.41, 5.74) is 1.75. The van der Waals surface area contributed by atoms with Crippen LogP contribution in [0.2, 0.25) is 0 Å². The maximum Gasteiger partial charge on any atom is 0.230 e. The Labute approximate surface area is 90.9 Å². The topological polar surface area (TPSA) is 34.1 Å². The van der Waals surface area contributed by atoms with Crippen molar-refractivity contribution in [3.05, 3.63) is 35.4 Å². The Bertz CT molecular complexity index is 344. The minimum absolute atomic E-state index is 0.0598. The van der Waals surface area contributed by atoms with Crippen LogP contribution in [0.5, 0.6) is 0 Å². The second-order valence-corrected chi connectivity index (χ2v) is 5.09. The van der Waals surface area contributed by atoms with E-state index in [1.807, 2.05) is 19.1 Å². The molecule has 0 bridgehead atoms. The molecule has 1 aromatic rings. The van der Waals surface area contributed by atoms with E-state index in [0.29, 0.717) is 5.56 Å². The van der Waals surface area contributed by atoms with E-state index < -0.39 is 0 Å². The van der Waals surface area contributed by atoms with Crippen LogP contribution in [0.25, 0.3) is 0 Å². The first-order valence-electron chi connectivity index (χ1n) is 4.05. The Morgan fingerprint density at radius 2 is 1.64 bits per heavy atom. The fourth-order valence-electron chi connectivity index (χ4n) is 0.834. The molecule has 74 valence electrons. The normalized spacial score (nSPS) is 9.86. The Morgan fingerprint density at radius 1 is 1.07 bits per heavy atom. The summed E-state index contributed by atoms with van der Waals surface area (Å²) in [5, 5.41) is -0.138. The minimum Gasteiger partial charge on any atom is -0.287 e. The second kappa shape index (κ2) is 5.22. The quantitative estimate of drug-likeness (QED) is 0.689. The lowest BCUT2D eigenvalue weighted by atomic mass is 10.2. The van der Waals surface area contributed by atoms with Crippen molar-refractivity contribution in [3.63, 3.8) is 0 Å².